The summed E-state index contributed by atoms with van der Waals surface area (Å²) >= 11 is 0. The number of hydrogen-bond acceptors (Lipinski definition) is 2. The van der Waals surface area contributed by atoms with E-state index in [1.807, 2.05) is 13.0 Å². The molecule has 0 heterocycles. The molecule has 0 bridgehead atoms. The molecule has 1 atom stereocenters. The summed E-state index contributed by atoms with van der Waals surface area (Å²) in [4.78, 5) is 0. The summed E-state index contributed by atoms with van der Waals surface area (Å²) in [5.74, 6) is -1.85. The van der Waals surface area contributed by atoms with Crippen molar-refractivity contribution in [2.75, 3.05) is 0 Å². The summed E-state index contributed by atoms with van der Waals surface area (Å²) in [6, 6.07) is 0. The number of aliphatic hydroxyl groups is 2. The highest BCUT2D eigenvalue weighted by Gasteiger charge is 2.33. The standard InChI is InChI=1S/C9H14O2/c1-6-4-7(2)9(10,11)8(3)5-6/h4-5,7,10-11H,1-3H3. The van der Waals surface area contributed by atoms with E-state index in [1.165, 1.54) is 0 Å². The minimum absolute atomic E-state index is 0.215. The molecule has 0 saturated heterocycles. The van der Waals surface area contributed by atoms with Gasteiger partial charge in [-0.05, 0) is 19.4 Å². The third-order valence-corrected chi connectivity index (χ3v) is 2.17. The van der Waals surface area contributed by atoms with Gasteiger partial charge in [0.25, 0.3) is 0 Å². The maximum absolute atomic E-state index is 9.47. The molecule has 1 aliphatic carbocycles. The van der Waals surface area contributed by atoms with Crippen molar-refractivity contribution in [3.63, 3.8) is 0 Å². The van der Waals surface area contributed by atoms with Gasteiger partial charge in [-0.15, -0.1) is 0 Å². The highest BCUT2D eigenvalue weighted by atomic mass is 16.5. The van der Waals surface area contributed by atoms with Crippen LogP contribution in [0.25, 0.3) is 0 Å². The van der Waals surface area contributed by atoms with E-state index in [2.05, 4.69) is 0 Å². The van der Waals surface area contributed by atoms with Crippen LogP contribution in [0, 0.1) is 5.92 Å². The van der Waals surface area contributed by atoms with Crippen LogP contribution in [-0.4, -0.2) is 16.0 Å². The first kappa shape index (κ1) is 8.50. The molecule has 2 nitrogen and oxygen atoms in total. The van der Waals surface area contributed by atoms with E-state index in [9.17, 15) is 10.2 Å². The Morgan fingerprint density at radius 3 is 2.36 bits per heavy atom. The Morgan fingerprint density at radius 1 is 1.36 bits per heavy atom. The Hall–Kier alpha value is -0.600. The second kappa shape index (κ2) is 2.47. The van der Waals surface area contributed by atoms with E-state index in [1.54, 1.807) is 19.9 Å². The van der Waals surface area contributed by atoms with Gasteiger partial charge in [-0.2, -0.15) is 0 Å². The Balaban J connectivity index is 3.01. The van der Waals surface area contributed by atoms with Crippen LogP contribution in [0.3, 0.4) is 0 Å². The molecule has 1 rings (SSSR count). The van der Waals surface area contributed by atoms with Gasteiger partial charge in [0.15, 0.2) is 5.79 Å². The SMILES string of the molecule is CC1=CC(C)C(O)(O)C(C)=C1. The third kappa shape index (κ3) is 1.37. The molecular formula is C9H14O2. The zero-order valence-electron chi connectivity index (χ0n) is 7.13. The molecule has 1 unspecified atom stereocenters. The largest absolute Gasteiger partial charge is 0.362 e. The molecule has 0 amide bonds. The second-order valence-electron chi connectivity index (χ2n) is 3.25. The van der Waals surface area contributed by atoms with Crippen molar-refractivity contribution in [1.29, 1.82) is 0 Å². The molecule has 2 N–H and O–H groups in total. The predicted molar refractivity (Wildman–Crippen MR) is 43.8 cm³/mol. The van der Waals surface area contributed by atoms with Gasteiger partial charge in [-0.25, -0.2) is 0 Å². The fourth-order valence-electron chi connectivity index (χ4n) is 1.37. The van der Waals surface area contributed by atoms with Crippen molar-refractivity contribution in [1.82, 2.24) is 0 Å². The van der Waals surface area contributed by atoms with Gasteiger partial charge in [-0.1, -0.05) is 24.6 Å². The first-order valence-electron chi connectivity index (χ1n) is 3.76. The Bertz CT molecular complexity index is 224. The van der Waals surface area contributed by atoms with Crippen LogP contribution in [0.15, 0.2) is 23.3 Å². The van der Waals surface area contributed by atoms with Crippen LogP contribution in [0.4, 0.5) is 0 Å². The molecule has 1 aliphatic rings. The van der Waals surface area contributed by atoms with Gasteiger partial charge in [0.2, 0.25) is 0 Å². The van der Waals surface area contributed by atoms with E-state index in [0.717, 1.165) is 5.57 Å². The maximum Gasteiger partial charge on any atom is 0.191 e. The molecule has 0 aliphatic heterocycles. The lowest BCUT2D eigenvalue weighted by Gasteiger charge is -2.31. The molecule has 0 aromatic heterocycles. The molecule has 0 saturated carbocycles. The molecule has 0 radical (unpaired) electrons. The third-order valence-electron chi connectivity index (χ3n) is 2.17. The van der Waals surface area contributed by atoms with E-state index in [4.69, 9.17) is 0 Å². The van der Waals surface area contributed by atoms with E-state index in [0.29, 0.717) is 5.57 Å². The van der Waals surface area contributed by atoms with Gasteiger partial charge < -0.3 is 10.2 Å². The summed E-state index contributed by atoms with van der Waals surface area (Å²) in [6.07, 6.45) is 3.65. The quantitative estimate of drug-likeness (QED) is 0.515. The predicted octanol–water partition coefficient (Wildman–Crippen LogP) is 1.21. The van der Waals surface area contributed by atoms with E-state index < -0.39 is 5.79 Å². The lowest BCUT2D eigenvalue weighted by Crippen LogP contribution is -2.38. The average Bonchev–Trinajstić information content (AvgIpc) is 1.84. The number of rotatable bonds is 0. The summed E-state index contributed by atoms with van der Waals surface area (Å²) in [5.41, 5.74) is 1.71. The van der Waals surface area contributed by atoms with Gasteiger partial charge >= 0.3 is 0 Å². The zero-order valence-corrected chi connectivity index (χ0v) is 7.13. The maximum atomic E-state index is 9.47. The highest BCUT2D eigenvalue weighted by molar-refractivity contribution is 5.31. The van der Waals surface area contributed by atoms with Gasteiger partial charge in [0.05, 0.1) is 0 Å². The zero-order chi connectivity index (χ0) is 8.65. The fraction of sp³-hybridized carbons (Fsp3) is 0.556. The van der Waals surface area contributed by atoms with Crippen LogP contribution in [0.2, 0.25) is 0 Å². The topological polar surface area (TPSA) is 40.5 Å². The van der Waals surface area contributed by atoms with Gasteiger partial charge in [0.1, 0.15) is 0 Å². The van der Waals surface area contributed by atoms with E-state index >= 15 is 0 Å². The monoisotopic (exact) mass is 154 g/mol. The fourth-order valence-corrected chi connectivity index (χ4v) is 1.37. The second-order valence-corrected chi connectivity index (χ2v) is 3.25. The minimum Gasteiger partial charge on any atom is -0.362 e. The average molecular weight is 154 g/mol. The summed E-state index contributed by atoms with van der Waals surface area (Å²) in [6.45, 7) is 5.47. The highest BCUT2D eigenvalue weighted by Crippen LogP contribution is 2.29. The molecule has 0 aromatic rings. The summed E-state index contributed by atoms with van der Waals surface area (Å²) in [5, 5.41) is 18.9. The minimum atomic E-state index is -1.64. The molecule has 0 aromatic carbocycles. The van der Waals surface area contributed by atoms with Crippen LogP contribution in [-0.2, 0) is 0 Å². The van der Waals surface area contributed by atoms with Gasteiger partial charge in [-0.3, -0.25) is 0 Å². The molecular weight excluding hydrogens is 140 g/mol. The van der Waals surface area contributed by atoms with Crippen molar-refractivity contribution in [2.24, 2.45) is 5.92 Å². The Morgan fingerprint density at radius 2 is 1.91 bits per heavy atom. The molecule has 62 valence electrons. The lowest BCUT2D eigenvalue weighted by molar-refractivity contribution is -0.153. The van der Waals surface area contributed by atoms with Gasteiger partial charge in [0, 0.05) is 5.92 Å². The first-order valence-corrected chi connectivity index (χ1v) is 3.76. The number of allylic oxidation sites excluding steroid dienone is 2. The van der Waals surface area contributed by atoms with Crippen LogP contribution in [0.5, 0.6) is 0 Å². The van der Waals surface area contributed by atoms with Crippen molar-refractivity contribution < 1.29 is 10.2 Å². The Kier molecular flexibility index (Phi) is 1.90. The first-order chi connectivity index (χ1) is 4.94. The van der Waals surface area contributed by atoms with Crippen molar-refractivity contribution in [2.45, 2.75) is 26.6 Å². The Labute approximate surface area is 66.9 Å². The van der Waals surface area contributed by atoms with Crippen LogP contribution in [0.1, 0.15) is 20.8 Å². The van der Waals surface area contributed by atoms with Crippen molar-refractivity contribution in [3.8, 4) is 0 Å². The van der Waals surface area contributed by atoms with Crippen LogP contribution >= 0.6 is 0 Å². The van der Waals surface area contributed by atoms with Crippen molar-refractivity contribution in [3.05, 3.63) is 23.3 Å². The molecule has 0 fully saturated rings. The van der Waals surface area contributed by atoms with Crippen molar-refractivity contribution >= 4 is 0 Å². The molecule has 11 heavy (non-hydrogen) atoms. The lowest BCUT2D eigenvalue weighted by atomic mass is 9.87. The van der Waals surface area contributed by atoms with E-state index in [-0.39, 0.29) is 5.92 Å². The summed E-state index contributed by atoms with van der Waals surface area (Å²) < 4.78 is 0. The molecule has 0 spiro atoms. The smallest absolute Gasteiger partial charge is 0.191 e. The summed E-state index contributed by atoms with van der Waals surface area (Å²) in [7, 11) is 0. The van der Waals surface area contributed by atoms with Crippen LogP contribution < -0.4 is 0 Å². The normalized spacial score (nSPS) is 29.4. The molecule has 2 heteroatoms. The number of hydrogen-bond donors (Lipinski definition) is 2.